The summed E-state index contributed by atoms with van der Waals surface area (Å²) in [6.07, 6.45) is 1.06. The predicted molar refractivity (Wildman–Crippen MR) is 74.7 cm³/mol. The number of aryl methyl sites for hydroxylation is 1. The molecule has 4 nitrogen and oxygen atoms in total. The number of anilines is 1. The summed E-state index contributed by atoms with van der Waals surface area (Å²) in [6, 6.07) is 8.00. The van der Waals surface area contributed by atoms with Crippen LogP contribution in [0.4, 0.5) is 5.82 Å². The van der Waals surface area contributed by atoms with Gasteiger partial charge in [0.05, 0.1) is 11.6 Å². The van der Waals surface area contributed by atoms with Gasteiger partial charge in [0.25, 0.3) is 0 Å². The summed E-state index contributed by atoms with van der Waals surface area (Å²) in [5.41, 5.74) is 4.66. The highest BCUT2D eigenvalue weighted by atomic mass is 16.5. The first-order valence-corrected chi connectivity index (χ1v) is 6.21. The molecule has 0 spiro atoms. The van der Waals surface area contributed by atoms with Gasteiger partial charge in [-0.15, -0.1) is 0 Å². The lowest BCUT2D eigenvalue weighted by molar-refractivity contribution is 0.243. The third-order valence-electron chi connectivity index (χ3n) is 2.75. The van der Waals surface area contributed by atoms with Crippen molar-refractivity contribution in [3.63, 3.8) is 0 Å². The summed E-state index contributed by atoms with van der Waals surface area (Å²) in [7, 11) is 0. The second-order valence-electron chi connectivity index (χ2n) is 4.52. The molecule has 0 radical (unpaired) electrons. The zero-order valence-corrected chi connectivity index (χ0v) is 11.0. The highest BCUT2D eigenvalue weighted by molar-refractivity contribution is 5.83. The number of hydrogen-bond donors (Lipinski definition) is 2. The number of hydrazine groups is 1. The van der Waals surface area contributed by atoms with Gasteiger partial charge in [-0.1, -0.05) is 6.92 Å². The Morgan fingerprint density at radius 1 is 1.33 bits per heavy atom. The van der Waals surface area contributed by atoms with Crippen LogP contribution >= 0.6 is 0 Å². The number of ether oxygens (including phenoxy) is 1. The minimum atomic E-state index is 0.172. The van der Waals surface area contributed by atoms with Gasteiger partial charge in [0, 0.05) is 5.39 Å². The van der Waals surface area contributed by atoms with Gasteiger partial charge < -0.3 is 10.2 Å². The van der Waals surface area contributed by atoms with Crippen LogP contribution in [0.3, 0.4) is 0 Å². The zero-order valence-electron chi connectivity index (χ0n) is 11.0. The van der Waals surface area contributed by atoms with E-state index in [1.807, 2.05) is 32.0 Å². The lowest BCUT2D eigenvalue weighted by atomic mass is 10.1. The molecule has 1 aromatic carbocycles. The molecule has 1 heterocycles. The second kappa shape index (κ2) is 5.23. The topological polar surface area (TPSA) is 60.2 Å². The smallest absolute Gasteiger partial charge is 0.143 e. The van der Waals surface area contributed by atoms with Crippen molar-refractivity contribution in [2.75, 3.05) is 5.43 Å². The van der Waals surface area contributed by atoms with Crippen LogP contribution in [0.2, 0.25) is 0 Å². The molecule has 1 aromatic heterocycles. The van der Waals surface area contributed by atoms with Crippen molar-refractivity contribution in [1.29, 1.82) is 0 Å². The van der Waals surface area contributed by atoms with E-state index in [2.05, 4.69) is 23.4 Å². The molecule has 0 aliphatic carbocycles. The Balaban J connectivity index is 2.49. The lowest BCUT2D eigenvalue weighted by Gasteiger charge is -2.12. The molecule has 0 fully saturated rings. The fourth-order valence-electron chi connectivity index (χ4n) is 1.94. The average Bonchev–Trinajstić information content (AvgIpc) is 2.36. The third kappa shape index (κ3) is 2.54. The Hall–Kier alpha value is -1.81. The number of aromatic nitrogens is 1. The largest absolute Gasteiger partial charge is 0.491 e. The van der Waals surface area contributed by atoms with E-state index in [0.29, 0.717) is 0 Å². The van der Waals surface area contributed by atoms with Gasteiger partial charge in [-0.25, -0.2) is 10.8 Å². The molecule has 0 bridgehead atoms. The Bertz CT molecular complexity index is 552. The summed E-state index contributed by atoms with van der Waals surface area (Å²) in [5.74, 6) is 7.08. The summed E-state index contributed by atoms with van der Waals surface area (Å²) < 4.78 is 5.68. The van der Waals surface area contributed by atoms with Crippen molar-refractivity contribution >= 4 is 16.7 Å². The number of nitrogens with two attached hydrogens (primary N) is 1. The van der Waals surface area contributed by atoms with Crippen molar-refractivity contribution in [2.45, 2.75) is 33.3 Å². The summed E-state index contributed by atoms with van der Waals surface area (Å²) in [5, 5.41) is 1.07. The average molecular weight is 245 g/mol. The van der Waals surface area contributed by atoms with Crippen LogP contribution in [0.1, 0.15) is 26.3 Å². The lowest BCUT2D eigenvalue weighted by Crippen LogP contribution is -2.11. The molecule has 2 aromatic rings. The highest BCUT2D eigenvalue weighted by Gasteiger charge is 2.06. The van der Waals surface area contributed by atoms with Crippen LogP contribution in [0, 0.1) is 0 Å². The van der Waals surface area contributed by atoms with Crippen molar-refractivity contribution in [3.8, 4) is 5.75 Å². The van der Waals surface area contributed by atoms with E-state index in [0.717, 1.165) is 34.5 Å². The van der Waals surface area contributed by atoms with Crippen LogP contribution in [-0.4, -0.2) is 11.1 Å². The molecule has 0 amide bonds. The maximum absolute atomic E-state index is 5.68. The first-order chi connectivity index (χ1) is 8.63. The molecule has 96 valence electrons. The van der Waals surface area contributed by atoms with Gasteiger partial charge in [-0.05, 0) is 50.1 Å². The Morgan fingerprint density at radius 2 is 2.11 bits per heavy atom. The zero-order chi connectivity index (χ0) is 13.1. The molecule has 2 rings (SSSR count). The standard InChI is InChI=1S/C14H19N3O/c1-4-10-7-11-8-12(18-9(2)3)5-6-13(11)16-14(10)17-15/h5-9H,4,15H2,1-3H3,(H,16,17). The number of benzene rings is 1. The number of nitrogens with one attached hydrogen (secondary N) is 1. The molecule has 0 saturated heterocycles. The Morgan fingerprint density at radius 3 is 2.72 bits per heavy atom. The molecule has 0 saturated carbocycles. The molecule has 0 aliphatic rings. The van der Waals surface area contributed by atoms with E-state index in [1.54, 1.807) is 0 Å². The van der Waals surface area contributed by atoms with Crippen LogP contribution in [0.15, 0.2) is 24.3 Å². The molecule has 0 aliphatic heterocycles. The van der Waals surface area contributed by atoms with Gasteiger partial charge in [-0.2, -0.15) is 0 Å². The van der Waals surface area contributed by atoms with Crippen molar-refractivity contribution in [3.05, 3.63) is 29.8 Å². The Labute approximate surface area is 107 Å². The van der Waals surface area contributed by atoms with E-state index < -0.39 is 0 Å². The van der Waals surface area contributed by atoms with Crippen LogP contribution in [0.25, 0.3) is 10.9 Å². The van der Waals surface area contributed by atoms with Crippen LogP contribution < -0.4 is 16.0 Å². The molecule has 18 heavy (non-hydrogen) atoms. The number of nitrogen functional groups attached to an aromatic ring is 1. The summed E-state index contributed by atoms with van der Waals surface area (Å²) in [4.78, 5) is 4.49. The normalized spacial score (nSPS) is 10.9. The highest BCUT2D eigenvalue weighted by Crippen LogP contribution is 2.24. The molecular formula is C14H19N3O. The fourth-order valence-corrected chi connectivity index (χ4v) is 1.94. The minimum absolute atomic E-state index is 0.172. The van der Waals surface area contributed by atoms with Crippen LogP contribution in [-0.2, 0) is 6.42 Å². The molecular weight excluding hydrogens is 226 g/mol. The van der Waals surface area contributed by atoms with Crippen molar-refractivity contribution in [1.82, 2.24) is 4.98 Å². The Kier molecular flexibility index (Phi) is 3.67. The van der Waals surface area contributed by atoms with Gasteiger partial charge in [0.1, 0.15) is 11.6 Å². The summed E-state index contributed by atoms with van der Waals surface area (Å²) >= 11 is 0. The molecule has 3 N–H and O–H groups in total. The summed E-state index contributed by atoms with van der Waals surface area (Å²) in [6.45, 7) is 6.11. The molecule has 0 unspecified atom stereocenters. The second-order valence-corrected chi connectivity index (χ2v) is 4.52. The first-order valence-electron chi connectivity index (χ1n) is 6.21. The van der Waals surface area contributed by atoms with E-state index in [9.17, 15) is 0 Å². The van der Waals surface area contributed by atoms with E-state index in [-0.39, 0.29) is 6.10 Å². The third-order valence-corrected chi connectivity index (χ3v) is 2.75. The molecule has 4 heteroatoms. The van der Waals surface area contributed by atoms with Crippen molar-refractivity contribution < 1.29 is 4.74 Å². The van der Waals surface area contributed by atoms with Gasteiger partial charge in [0.2, 0.25) is 0 Å². The van der Waals surface area contributed by atoms with E-state index in [1.165, 1.54) is 0 Å². The fraction of sp³-hybridized carbons (Fsp3) is 0.357. The van der Waals surface area contributed by atoms with Crippen LogP contribution in [0.5, 0.6) is 5.75 Å². The predicted octanol–water partition coefficient (Wildman–Crippen LogP) is 2.87. The maximum Gasteiger partial charge on any atom is 0.143 e. The number of nitrogens with zero attached hydrogens (tertiary/aromatic N) is 1. The monoisotopic (exact) mass is 245 g/mol. The van der Waals surface area contributed by atoms with Crippen molar-refractivity contribution in [2.24, 2.45) is 5.84 Å². The minimum Gasteiger partial charge on any atom is -0.491 e. The van der Waals surface area contributed by atoms with E-state index in [4.69, 9.17) is 10.6 Å². The number of rotatable bonds is 4. The first kappa shape index (κ1) is 12.6. The van der Waals surface area contributed by atoms with E-state index >= 15 is 0 Å². The maximum atomic E-state index is 5.68. The number of fused-ring (bicyclic) bond motifs is 1. The van der Waals surface area contributed by atoms with Gasteiger partial charge in [0.15, 0.2) is 0 Å². The molecule has 0 atom stereocenters. The van der Waals surface area contributed by atoms with Gasteiger partial charge >= 0.3 is 0 Å². The van der Waals surface area contributed by atoms with Gasteiger partial charge in [-0.3, -0.25) is 0 Å². The number of hydrogen-bond acceptors (Lipinski definition) is 4. The number of pyridine rings is 1. The quantitative estimate of drug-likeness (QED) is 0.642. The SMILES string of the molecule is CCc1cc2cc(OC(C)C)ccc2nc1NN.